The molecule has 2 aromatic carbocycles. The SMILES string of the molecule is Cc1ccc(-c2c(C)sc3nc(CSCC(O)c4ccccc4)[nH]c(=O)c23)cc1. The second-order valence-corrected chi connectivity index (χ2v) is 9.27. The summed E-state index contributed by atoms with van der Waals surface area (Å²) in [5, 5.41) is 11.0. The Balaban J connectivity index is 1.55. The molecule has 2 heterocycles. The van der Waals surface area contributed by atoms with E-state index in [0.29, 0.717) is 22.7 Å². The van der Waals surface area contributed by atoms with Crippen LogP contribution in [0, 0.1) is 13.8 Å². The van der Waals surface area contributed by atoms with Crippen LogP contribution in [0.15, 0.2) is 59.4 Å². The van der Waals surface area contributed by atoms with E-state index in [1.54, 1.807) is 23.1 Å². The van der Waals surface area contributed by atoms with E-state index in [1.165, 1.54) is 5.56 Å². The van der Waals surface area contributed by atoms with Gasteiger partial charge in [0.05, 0.1) is 17.2 Å². The highest BCUT2D eigenvalue weighted by Gasteiger charge is 2.17. The summed E-state index contributed by atoms with van der Waals surface area (Å²) in [6.45, 7) is 4.08. The van der Waals surface area contributed by atoms with Gasteiger partial charge < -0.3 is 10.1 Å². The predicted octanol–water partition coefficient (Wildman–Crippen LogP) is 5.24. The van der Waals surface area contributed by atoms with Crippen molar-refractivity contribution in [1.82, 2.24) is 9.97 Å². The van der Waals surface area contributed by atoms with E-state index in [2.05, 4.69) is 36.2 Å². The summed E-state index contributed by atoms with van der Waals surface area (Å²) in [6.07, 6.45) is -0.534. The molecule has 0 aliphatic heterocycles. The standard InChI is InChI=1S/C23H22N2O2S2/c1-14-8-10-17(11-9-14)20-15(2)29-23-21(20)22(27)24-19(25-23)13-28-12-18(26)16-6-4-3-5-7-16/h3-11,18,26H,12-13H2,1-2H3,(H,24,25,27). The fraction of sp³-hybridized carbons (Fsp3) is 0.217. The molecule has 0 bridgehead atoms. The highest BCUT2D eigenvalue weighted by atomic mass is 32.2. The highest BCUT2D eigenvalue weighted by molar-refractivity contribution is 7.98. The number of H-pyrrole nitrogens is 1. The van der Waals surface area contributed by atoms with E-state index in [9.17, 15) is 9.90 Å². The Morgan fingerprint density at radius 3 is 2.55 bits per heavy atom. The van der Waals surface area contributed by atoms with E-state index >= 15 is 0 Å². The monoisotopic (exact) mass is 422 g/mol. The Bertz CT molecular complexity index is 1180. The molecule has 0 amide bonds. The van der Waals surface area contributed by atoms with Gasteiger partial charge in [0.2, 0.25) is 0 Å². The lowest BCUT2D eigenvalue weighted by molar-refractivity contribution is 0.204. The smallest absolute Gasteiger partial charge is 0.260 e. The molecule has 0 radical (unpaired) electrons. The van der Waals surface area contributed by atoms with Crippen LogP contribution in [0.4, 0.5) is 0 Å². The number of rotatable bonds is 6. The van der Waals surface area contributed by atoms with Crippen molar-refractivity contribution in [1.29, 1.82) is 0 Å². The molecule has 4 nitrogen and oxygen atoms in total. The molecule has 29 heavy (non-hydrogen) atoms. The van der Waals surface area contributed by atoms with Gasteiger partial charge in [-0.15, -0.1) is 11.3 Å². The third-order valence-corrected chi connectivity index (χ3v) is 6.85. The summed E-state index contributed by atoms with van der Waals surface area (Å²) in [7, 11) is 0. The molecule has 2 aromatic heterocycles. The maximum atomic E-state index is 12.8. The normalized spacial score (nSPS) is 12.4. The molecular weight excluding hydrogens is 400 g/mol. The number of aliphatic hydroxyl groups excluding tert-OH is 1. The first kappa shape index (κ1) is 19.9. The minimum absolute atomic E-state index is 0.103. The first-order valence-electron chi connectivity index (χ1n) is 9.43. The number of benzene rings is 2. The van der Waals surface area contributed by atoms with Gasteiger partial charge in [-0.1, -0.05) is 60.2 Å². The van der Waals surface area contributed by atoms with E-state index in [-0.39, 0.29) is 5.56 Å². The molecule has 0 fully saturated rings. The molecule has 0 aliphatic rings. The van der Waals surface area contributed by atoms with Crippen LogP contribution in [0.5, 0.6) is 0 Å². The summed E-state index contributed by atoms with van der Waals surface area (Å²) < 4.78 is 0. The molecule has 2 N–H and O–H groups in total. The van der Waals surface area contributed by atoms with Crippen LogP contribution in [-0.2, 0) is 5.75 Å². The average Bonchev–Trinajstić information content (AvgIpc) is 3.05. The number of aryl methyl sites for hydroxylation is 2. The number of hydrogen-bond donors (Lipinski definition) is 2. The van der Waals surface area contributed by atoms with Crippen molar-refractivity contribution >= 4 is 33.3 Å². The predicted molar refractivity (Wildman–Crippen MR) is 123 cm³/mol. The van der Waals surface area contributed by atoms with Crippen LogP contribution in [0.1, 0.15) is 27.9 Å². The third kappa shape index (κ3) is 4.29. The quantitative estimate of drug-likeness (QED) is 0.446. The van der Waals surface area contributed by atoms with Crippen LogP contribution in [0.25, 0.3) is 21.3 Å². The van der Waals surface area contributed by atoms with E-state index in [0.717, 1.165) is 26.4 Å². The van der Waals surface area contributed by atoms with Crippen LogP contribution >= 0.6 is 23.1 Å². The number of aromatic nitrogens is 2. The summed E-state index contributed by atoms with van der Waals surface area (Å²) in [5.41, 5.74) is 4.00. The van der Waals surface area contributed by atoms with Gasteiger partial charge in [-0.3, -0.25) is 4.79 Å². The van der Waals surface area contributed by atoms with Crippen molar-refractivity contribution in [3.8, 4) is 11.1 Å². The largest absolute Gasteiger partial charge is 0.388 e. The number of aliphatic hydroxyl groups is 1. The number of aromatic amines is 1. The lowest BCUT2D eigenvalue weighted by Gasteiger charge is -2.10. The molecule has 148 valence electrons. The Kier molecular flexibility index (Phi) is 5.85. The van der Waals surface area contributed by atoms with Crippen molar-refractivity contribution < 1.29 is 5.11 Å². The van der Waals surface area contributed by atoms with Gasteiger partial charge in [0.25, 0.3) is 5.56 Å². The number of thiophene rings is 1. The van der Waals surface area contributed by atoms with Crippen molar-refractivity contribution in [3.63, 3.8) is 0 Å². The minimum Gasteiger partial charge on any atom is -0.388 e. The van der Waals surface area contributed by atoms with Gasteiger partial charge in [0.1, 0.15) is 10.7 Å². The summed E-state index contributed by atoms with van der Waals surface area (Å²) >= 11 is 3.11. The van der Waals surface area contributed by atoms with Gasteiger partial charge >= 0.3 is 0 Å². The van der Waals surface area contributed by atoms with Gasteiger partial charge in [-0.2, -0.15) is 11.8 Å². The van der Waals surface area contributed by atoms with Crippen LogP contribution in [-0.4, -0.2) is 20.8 Å². The topological polar surface area (TPSA) is 66.0 Å². The zero-order valence-electron chi connectivity index (χ0n) is 16.3. The van der Waals surface area contributed by atoms with Crippen LogP contribution in [0.2, 0.25) is 0 Å². The van der Waals surface area contributed by atoms with Crippen LogP contribution < -0.4 is 5.56 Å². The van der Waals surface area contributed by atoms with E-state index < -0.39 is 6.10 Å². The summed E-state index contributed by atoms with van der Waals surface area (Å²) in [6, 6.07) is 17.8. The molecule has 0 aliphatic carbocycles. The minimum atomic E-state index is -0.534. The number of fused-ring (bicyclic) bond motifs is 1. The lowest BCUT2D eigenvalue weighted by atomic mass is 10.0. The first-order chi connectivity index (χ1) is 14.0. The molecule has 0 spiro atoms. The first-order valence-corrected chi connectivity index (χ1v) is 11.4. The number of thioether (sulfide) groups is 1. The van der Waals surface area contributed by atoms with Gasteiger partial charge in [-0.05, 0) is 25.0 Å². The van der Waals surface area contributed by atoms with E-state index in [4.69, 9.17) is 4.98 Å². The Morgan fingerprint density at radius 1 is 1.10 bits per heavy atom. The molecule has 1 atom stereocenters. The van der Waals surface area contributed by atoms with Crippen molar-refractivity contribution in [3.05, 3.63) is 86.8 Å². The molecular formula is C23H22N2O2S2. The van der Waals surface area contributed by atoms with Crippen molar-refractivity contribution in [2.24, 2.45) is 0 Å². The molecule has 6 heteroatoms. The fourth-order valence-corrected chi connectivity index (χ4v) is 5.27. The summed E-state index contributed by atoms with van der Waals surface area (Å²) in [5.74, 6) is 1.74. The molecule has 0 saturated heterocycles. The van der Waals surface area contributed by atoms with Gasteiger partial charge in [0, 0.05) is 16.2 Å². The second-order valence-electron chi connectivity index (χ2n) is 7.03. The van der Waals surface area contributed by atoms with Crippen molar-refractivity contribution in [2.75, 3.05) is 5.75 Å². The molecule has 1 unspecified atom stereocenters. The Labute approximate surface area is 177 Å². The number of hydrogen-bond acceptors (Lipinski definition) is 5. The highest BCUT2D eigenvalue weighted by Crippen LogP contribution is 2.35. The number of nitrogens with zero attached hydrogens (tertiary/aromatic N) is 1. The van der Waals surface area contributed by atoms with Gasteiger partial charge in [-0.25, -0.2) is 4.98 Å². The van der Waals surface area contributed by atoms with Crippen LogP contribution in [0.3, 0.4) is 0 Å². The summed E-state index contributed by atoms with van der Waals surface area (Å²) in [4.78, 5) is 22.3. The van der Waals surface area contributed by atoms with E-state index in [1.807, 2.05) is 37.3 Å². The average molecular weight is 423 g/mol. The maximum Gasteiger partial charge on any atom is 0.260 e. The molecule has 4 rings (SSSR count). The zero-order chi connectivity index (χ0) is 20.4. The van der Waals surface area contributed by atoms with Gasteiger partial charge in [0.15, 0.2) is 0 Å². The zero-order valence-corrected chi connectivity index (χ0v) is 17.9. The number of nitrogens with one attached hydrogen (secondary N) is 1. The second kappa shape index (κ2) is 8.53. The Morgan fingerprint density at radius 2 is 1.83 bits per heavy atom. The molecule has 0 saturated carbocycles. The maximum absolute atomic E-state index is 12.8. The lowest BCUT2D eigenvalue weighted by Crippen LogP contribution is -2.11. The third-order valence-electron chi connectivity index (χ3n) is 4.83. The molecule has 4 aromatic rings. The Hall–Kier alpha value is -2.41. The van der Waals surface area contributed by atoms with Crippen molar-refractivity contribution in [2.45, 2.75) is 25.7 Å². The fourth-order valence-electron chi connectivity index (χ4n) is 3.34.